The van der Waals surface area contributed by atoms with Gasteiger partial charge in [-0.1, -0.05) is 13.3 Å². The molecule has 7 heteroatoms. The van der Waals surface area contributed by atoms with Crippen LogP contribution < -0.4 is 5.32 Å². The third kappa shape index (κ3) is 4.64. The molecule has 0 bridgehead atoms. The van der Waals surface area contributed by atoms with E-state index in [-0.39, 0.29) is 30.1 Å². The molecule has 3 amide bonds. The number of hydrogen-bond acceptors (Lipinski definition) is 4. The number of unbranched alkanes of at least 4 members (excludes halogenated alkanes) is 1. The molecule has 1 saturated heterocycles. The molecule has 0 spiro atoms. The zero-order chi connectivity index (χ0) is 19.7. The fourth-order valence-corrected chi connectivity index (χ4v) is 4.07. The van der Waals surface area contributed by atoms with Crippen LogP contribution in [0.5, 0.6) is 0 Å². The second kappa shape index (κ2) is 9.26. The van der Waals surface area contributed by atoms with Crippen LogP contribution in [0, 0.1) is 5.92 Å². The number of hydrogen-bond donors (Lipinski definition) is 1. The smallest absolute Gasteiger partial charge is 0.261 e. The van der Waals surface area contributed by atoms with E-state index in [0.717, 1.165) is 51.2 Å². The highest BCUT2D eigenvalue weighted by atomic mass is 35.5. The van der Waals surface area contributed by atoms with Crippen molar-refractivity contribution in [1.82, 2.24) is 15.1 Å². The quantitative estimate of drug-likeness (QED) is 0.689. The number of carbonyl (C=O) groups is 3. The predicted molar refractivity (Wildman–Crippen MR) is 114 cm³/mol. The maximum absolute atomic E-state index is 12.9. The van der Waals surface area contributed by atoms with Crippen LogP contribution in [0.1, 0.15) is 76.5 Å². The van der Waals surface area contributed by atoms with Crippen LogP contribution in [0.4, 0.5) is 0 Å². The molecule has 6 nitrogen and oxygen atoms in total. The van der Waals surface area contributed by atoms with E-state index >= 15 is 0 Å². The number of rotatable bonds is 7. The molecule has 1 aromatic carbocycles. The molecule has 2 heterocycles. The van der Waals surface area contributed by atoms with Crippen LogP contribution in [0.25, 0.3) is 0 Å². The van der Waals surface area contributed by atoms with E-state index in [1.807, 2.05) is 11.8 Å². The number of likely N-dealkylation sites (tertiary alicyclic amines) is 1. The van der Waals surface area contributed by atoms with Crippen molar-refractivity contribution in [3.8, 4) is 0 Å². The minimum absolute atomic E-state index is 0. The number of benzene rings is 1. The van der Waals surface area contributed by atoms with Crippen molar-refractivity contribution in [2.45, 2.75) is 51.5 Å². The standard InChI is InChI=1S/C22H29N3O3.ClH/c1-2-3-10-25-21(27)18-7-6-16(13-19(18)22(25)28)20(26)24-11-8-17(9-12-24)23-14-15-4-5-15;/h6-7,13,15,17,23H,2-5,8-12,14H2,1H3;1H. The molecule has 0 radical (unpaired) electrons. The lowest BCUT2D eigenvalue weighted by atomic mass is 10.0. The van der Waals surface area contributed by atoms with E-state index in [2.05, 4.69) is 5.32 Å². The fourth-order valence-electron chi connectivity index (χ4n) is 4.07. The van der Waals surface area contributed by atoms with E-state index in [4.69, 9.17) is 0 Å². The number of piperidine rings is 1. The minimum Gasteiger partial charge on any atom is -0.339 e. The fraction of sp³-hybridized carbons (Fsp3) is 0.591. The van der Waals surface area contributed by atoms with Crippen molar-refractivity contribution < 1.29 is 14.4 Å². The van der Waals surface area contributed by atoms with Crippen LogP contribution in [0.3, 0.4) is 0 Å². The third-order valence-corrected chi connectivity index (χ3v) is 6.13. The second-order valence-electron chi connectivity index (χ2n) is 8.29. The van der Waals surface area contributed by atoms with E-state index in [1.165, 1.54) is 17.7 Å². The number of nitrogens with one attached hydrogen (secondary N) is 1. The molecule has 1 aliphatic carbocycles. The molecular formula is C22H30ClN3O3. The second-order valence-corrected chi connectivity index (χ2v) is 8.29. The summed E-state index contributed by atoms with van der Waals surface area (Å²) >= 11 is 0. The van der Waals surface area contributed by atoms with Crippen molar-refractivity contribution in [1.29, 1.82) is 0 Å². The summed E-state index contributed by atoms with van der Waals surface area (Å²) in [5, 5.41) is 3.62. The molecule has 0 aromatic heterocycles. The Bertz CT molecular complexity index is 786. The number of carbonyl (C=O) groups excluding carboxylic acids is 3. The van der Waals surface area contributed by atoms with Gasteiger partial charge in [0.25, 0.3) is 17.7 Å². The summed E-state index contributed by atoms with van der Waals surface area (Å²) in [4.78, 5) is 41.2. The Balaban J connectivity index is 0.00000240. The van der Waals surface area contributed by atoms with Gasteiger partial charge >= 0.3 is 0 Å². The van der Waals surface area contributed by atoms with Gasteiger partial charge in [0, 0.05) is 31.2 Å². The first-order chi connectivity index (χ1) is 13.6. The van der Waals surface area contributed by atoms with Gasteiger partial charge in [-0.15, -0.1) is 12.4 Å². The van der Waals surface area contributed by atoms with Crippen molar-refractivity contribution in [2.24, 2.45) is 5.92 Å². The highest BCUT2D eigenvalue weighted by Crippen LogP contribution is 2.28. The van der Waals surface area contributed by atoms with Gasteiger partial charge in [-0.05, 0) is 62.8 Å². The molecule has 1 aromatic rings. The van der Waals surface area contributed by atoms with E-state index in [1.54, 1.807) is 18.2 Å². The Hall–Kier alpha value is -1.92. The summed E-state index contributed by atoms with van der Waals surface area (Å²) in [6.07, 6.45) is 6.33. The molecule has 2 aliphatic heterocycles. The van der Waals surface area contributed by atoms with Crippen molar-refractivity contribution in [3.63, 3.8) is 0 Å². The molecule has 4 rings (SSSR count). The Kier molecular flexibility index (Phi) is 6.96. The van der Waals surface area contributed by atoms with Gasteiger partial charge in [-0.3, -0.25) is 19.3 Å². The highest BCUT2D eigenvalue weighted by molar-refractivity contribution is 6.22. The van der Waals surface area contributed by atoms with Crippen molar-refractivity contribution >= 4 is 30.1 Å². The van der Waals surface area contributed by atoms with E-state index in [9.17, 15) is 14.4 Å². The van der Waals surface area contributed by atoms with Crippen LogP contribution in [-0.4, -0.2) is 59.7 Å². The number of imide groups is 1. The average molecular weight is 420 g/mol. The molecular weight excluding hydrogens is 390 g/mol. The Morgan fingerprint density at radius 1 is 1.07 bits per heavy atom. The largest absolute Gasteiger partial charge is 0.339 e. The SMILES string of the molecule is CCCCN1C(=O)c2ccc(C(=O)N3CCC(NCC4CC4)CC3)cc2C1=O.Cl. The molecule has 0 atom stereocenters. The first-order valence-corrected chi connectivity index (χ1v) is 10.6. The van der Waals surface area contributed by atoms with Crippen molar-refractivity contribution in [2.75, 3.05) is 26.2 Å². The Morgan fingerprint density at radius 3 is 2.41 bits per heavy atom. The first kappa shape index (κ1) is 21.8. The molecule has 3 aliphatic rings. The lowest BCUT2D eigenvalue weighted by Gasteiger charge is -2.32. The zero-order valence-electron chi connectivity index (χ0n) is 17.0. The summed E-state index contributed by atoms with van der Waals surface area (Å²) in [5.74, 6) is 0.306. The average Bonchev–Trinajstić information content (AvgIpc) is 3.52. The maximum Gasteiger partial charge on any atom is 0.261 e. The third-order valence-electron chi connectivity index (χ3n) is 6.13. The topological polar surface area (TPSA) is 69.7 Å². The summed E-state index contributed by atoms with van der Waals surface area (Å²) in [5.41, 5.74) is 1.29. The van der Waals surface area contributed by atoms with Gasteiger partial charge in [-0.25, -0.2) is 0 Å². The highest BCUT2D eigenvalue weighted by Gasteiger charge is 2.36. The Morgan fingerprint density at radius 2 is 1.76 bits per heavy atom. The van der Waals surface area contributed by atoms with Gasteiger partial charge in [0.15, 0.2) is 0 Å². The normalized spacial score (nSPS) is 19.3. The summed E-state index contributed by atoms with van der Waals surface area (Å²) in [6.45, 7) is 5.03. The molecule has 1 saturated carbocycles. The zero-order valence-corrected chi connectivity index (χ0v) is 17.8. The number of fused-ring (bicyclic) bond motifs is 1. The lowest BCUT2D eigenvalue weighted by molar-refractivity contribution is 0.0651. The number of nitrogens with zero attached hydrogens (tertiary/aromatic N) is 2. The van der Waals surface area contributed by atoms with Gasteiger partial charge in [-0.2, -0.15) is 0 Å². The van der Waals surface area contributed by atoms with E-state index < -0.39 is 0 Å². The molecule has 2 fully saturated rings. The lowest BCUT2D eigenvalue weighted by Crippen LogP contribution is -2.45. The van der Waals surface area contributed by atoms with E-state index in [0.29, 0.717) is 29.3 Å². The van der Waals surface area contributed by atoms with Crippen LogP contribution >= 0.6 is 12.4 Å². The van der Waals surface area contributed by atoms with Crippen molar-refractivity contribution in [3.05, 3.63) is 34.9 Å². The van der Waals surface area contributed by atoms with Gasteiger partial charge < -0.3 is 10.2 Å². The molecule has 29 heavy (non-hydrogen) atoms. The monoisotopic (exact) mass is 419 g/mol. The van der Waals surface area contributed by atoms with Crippen LogP contribution in [0.2, 0.25) is 0 Å². The predicted octanol–water partition coefficient (Wildman–Crippen LogP) is 3.11. The first-order valence-electron chi connectivity index (χ1n) is 10.6. The number of halogens is 1. The number of amides is 3. The van der Waals surface area contributed by atoms with Crippen LogP contribution in [-0.2, 0) is 0 Å². The summed E-state index contributed by atoms with van der Waals surface area (Å²) < 4.78 is 0. The molecule has 158 valence electrons. The van der Waals surface area contributed by atoms with Crippen LogP contribution in [0.15, 0.2) is 18.2 Å². The summed E-state index contributed by atoms with van der Waals surface area (Å²) in [7, 11) is 0. The minimum atomic E-state index is -0.272. The Labute approximate surface area is 178 Å². The molecule has 0 unspecified atom stereocenters. The van der Waals surface area contributed by atoms with Gasteiger partial charge in [0.1, 0.15) is 0 Å². The maximum atomic E-state index is 12.9. The van der Waals surface area contributed by atoms with Gasteiger partial charge in [0.05, 0.1) is 11.1 Å². The van der Waals surface area contributed by atoms with Gasteiger partial charge in [0.2, 0.25) is 0 Å². The summed E-state index contributed by atoms with van der Waals surface area (Å²) in [6, 6.07) is 5.43. The molecule has 1 N–H and O–H groups in total.